The molecule has 2 aliphatic heterocycles. The number of piperidine rings is 1. The van der Waals surface area contributed by atoms with Crippen molar-refractivity contribution in [2.24, 2.45) is 17.6 Å². The number of methoxy groups -OCH3 is 1. The molecule has 0 spiro atoms. The lowest BCUT2D eigenvalue weighted by molar-refractivity contribution is -0.00850. The van der Waals surface area contributed by atoms with Gasteiger partial charge in [0.1, 0.15) is 0 Å². The average Bonchev–Trinajstić information content (AvgIpc) is 2.87. The zero-order valence-electron chi connectivity index (χ0n) is 20.5. The summed E-state index contributed by atoms with van der Waals surface area (Å²) in [7, 11) is 1.32. The highest BCUT2D eigenvalue weighted by molar-refractivity contribution is 6.30. The molecule has 2 saturated heterocycles. The Kier molecular flexibility index (Phi) is 11.4. The highest BCUT2D eigenvalue weighted by Crippen LogP contribution is 2.34. The van der Waals surface area contributed by atoms with Gasteiger partial charge in [0.2, 0.25) is 0 Å². The van der Waals surface area contributed by atoms with Gasteiger partial charge in [-0.15, -0.1) is 0 Å². The summed E-state index contributed by atoms with van der Waals surface area (Å²) in [5, 5.41) is 6.28. The van der Waals surface area contributed by atoms with Crippen molar-refractivity contribution in [3.63, 3.8) is 0 Å². The van der Waals surface area contributed by atoms with Gasteiger partial charge in [-0.2, -0.15) is 0 Å². The van der Waals surface area contributed by atoms with Crippen LogP contribution in [0.4, 0.5) is 9.59 Å². The summed E-state index contributed by atoms with van der Waals surface area (Å²) < 4.78 is 16.4. The Morgan fingerprint density at radius 2 is 2.14 bits per heavy atom. The molecule has 0 radical (unpaired) electrons. The summed E-state index contributed by atoms with van der Waals surface area (Å²) in [6.45, 7) is 3.94. The van der Waals surface area contributed by atoms with Crippen LogP contribution in [0.2, 0.25) is 5.02 Å². The number of carbonyl (C=O) groups excluding carboxylic acids is 2. The van der Waals surface area contributed by atoms with E-state index in [9.17, 15) is 9.59 Å². The van der Waals surface area contributed by atoms with Crippen LogP contribution < -0.4 is 16.4 Å². The van der Waals surface area contributed by atoms with Crippen LogP contribution in [0.3, 0.4) is 0 Å². The Morgan fingerprint density at radius 1 is 1.29 bits per heavy atom. The van der Waals surface area contributed by atoms with Crippen LogP contribution in [0.15, 0.2) is 24.3 Å². The number of hydrogen-bond donors (Lipinski definition) is 3. The van der Waals surface area contributed by atoms with Crippen LogP contribution in [-0.4, -0.2) is 76.2 Å². The molecule has 9 nitrogen and oxygen atoms in total. The molecular weight excluding hydrogens is 472 g/mol. The zero-order chi connectivity index (χ0) is 25.0. The fraction of sp³-hybridized carbons (Fsp3) is 0.680. The van der Waals surface area contributed by atoms with E-state index in [1.54, 1.807) is 0 Å². The molecule has 35 heavy (non-hydrogen) atoms. The first kappa shape index (κ1) is 27.5. The fourth-order valence-electron chi connectivity index (χ4n) is 4.88. The summed E-state index contributed by atoms with van der Waals surface area (Å²) in [6.07, 6.45) is 4.12. The van der Waals surface area contributed by atoms with E-state index in [2.05, 4.69) is 15.4 Å². The highest BCUT2D eigenvalue weighted by Gasteiger charge is 2.31. The van der Waals surface area contributed by atoms with E-state index >= 15 is 0 Å². The zero-order valence-corrected chi connectivity index (χ0v) is 21.3. The molecule has 0 aliphatic carbocycles. The SMILES string of the molecule is COC(=O)NCCO[C@@H](c1cccc(Cl)c1)C1CCCN(C(=O)NC[C@H](N)CC2CCCOC2)C1. The third-order valence-electron chi connectivity index (χ3n) is 6.61. The molecule has 4 atom stereocenters. The summed E-state index contributed by atoms with van der Waals surface area (Å²) in [5.41, 5.74) is 7.25. The van der Waals surface area contributed by atoms with E-state index in [0.29, 0.717) is 43.7 Å². The molecular formula is C25H39ClN4O5. The number of nitrogens with one attached hydrogen (secondary N) is 2. The van der Waals surface area contributed by atoms with Crippen molar-refractivity contribution in [2.45, 2.75) is 44.2 Å². The number of hydrogen-bond acceptors (Lipinski definition) is 6. The smallest absolute Gasteiger partial charge is 0.406 e. The lowest BCUT2D eigenvalue weighted by atomic mass is 9.88. The lowest BCUT2D eigenvalue weighted by Gasteiger charge is -2.37. The predicted octanol–water partition coefficient (Wildman–Crippen LogP) is 3.32. The number of likely N-dealkylation sites (tertiary alicyclic amines) is 1. The number of amides is 3. The average molecular weight is 511 g/mol. The van der Waals surface area contributed by atoms with Gasteiger partial charge in [-0.05, 0) is 55.7 Å². The van der Waals surface area contributed by atoms with E-state index in [4.69, 9.17) is 26.8 Å². The maximum Gasteiger partial charge on any atom is 0.406 e. The molecule has 196 valence electrons. The van der Waals surface area contributed by atoms with Crippen LogP contribution in [0.25, 0.3) is 0 Å². The van der Waals surface area contributed by atoms with Crippen molar-refractivity contribution < 1.29 is 23.8 Å². The number of halogens is 1. The Balaban J connectivity index is 1.54. The summed E-state index contributed by atoms with van der Waals surface area (Å²) in [4.78, 5) is 26.1. The van der Waals surface area contributed by atoms with Gasteiger partial charge in [0.25, 0.3) is 0 Å². The molecule has 0 aromatic heterocycles. The van der Waals surface area contributed by atoms with E-state index in [0.717, 1.165) is 50.9 Å². The standard InChI is InChI=1S/C25H39ClN4O5/c1-33-25(32)28-9-12-35-23(19-6-2-8-21(26)14-19)20-7-3-10-30(16-20)24(31)29-15-22(27)13-18-5-4-11-34-17-18/h2,6,8,14,18,20,22-23H,3-5,7,9-13,15-17,27H2,1H3,(H,28,32)(H,29,31)/t18?,20?,22-,23+/m1/s1. The molecule has 1 aromatic carbocycles. The maximum atomic E-state index is 12.9. The van der Waals surface area contributed by atoms with E-state index in [1.165, 1.54) is 7.11 Å². The molecule has 3 rings (SSSR count). The van der Waals surface area contributed by atoms with Gasteiger partial charge in [0.05, 0.1) is 19.8 Å². The van der Waals surface area contributed by atoms with E-state index < -0.39 is 6.09 Å². The molecule has 10 heteroatoms. The van der Waals surface area contributed by atoms with Gasteiger partial charge >= 0.3 is 12.1 Å². The van der Waals surface area contributed by atoms with Crippen molar-refractivity contribution in [3.05, 3.63) is 34.9 Å². The van der Waals surface area contributed by atoms with Gasteiger partial charge < -0.3 is 35.5 Å². The Hall–Kier alpha value is -2.07. The number of nitrogens with two attached hydrogens (primary N) is 1. The summed E-state index contributed by atoms with van der Waals surface area (Å²) in [6, 6.07) is 7.42. The molecule has 3 amide bonds. The highest BCUT2D eigenvalue weighted by atomic mass is 35.5. The topological polar surface area (TPSA) is 115 Å². The second kappa shape index (κ2) is 14.5. The monoisotopic (exact) mass is 510 g/mol. The van der Waals surface area contributed by atoms with Gasteiger partial charge in [-0.1, -0.05) is 23.7 Å². The van der Waals surface area contributed by atoms with Crippen molar-refractivity contribution >= 4 is 23.7 Å². The first-order valence-corrected chi connectivity index (χ1v) is 12.9. The minimum absolute atomic E-state index is 0.0870. The minimum Gasteiger partial charge on any atom is -0.453 e. The predicted molar refractivity (Wildman–Crippen MR) is 134 cm³/mol. The molecule has 2 heterocycles. The third kappa shape index (κ3) is 9.14. The number of nitrogens with zero attached hydrogens (tertiary/aromatic N) is 1. The van der Waals surface area contributed by atoms with Crippen molar-refractivity contribution in [3.8, 4) is 0 Å². The molecule has 0 bridgehead atoms. The maximum absolute atomic E-state index is 12.9. The Bertz CT molecular complexity index is 808. The van der Waals surface area contributed by atoms with Gasteiger partial charge in [-0.3, -0.25) is 0 Å². The minimum atomic E-state index is -0.498. The molecule has 0 saturated carbocycles. The molecule has 2 aliphatic rings. The Labute approximate surface area is 213 Å². The van der Waals surface area contributed by atoms with E-state index in [-0.39, 0.29) is 24.1 Å². The van der Waals surface area contributed by atoms with Crippen molar-refractivity contribution in [2.75, 3.05) is 53.1 Å². The van der Waals surface area contributed by atoms with Gasteiger partial charge in [0, 0.05) is 56.4 Å². The quantitative estimate of drug-likeness (QED) is 0.416. The third-order valence-corrected chi connectivity index (χ3v) is 6.85. The number of urea groups is 1. The largest absolute Gasteiger partial charge is 0.453 e. The molecule has 1 aromatic rings. The van der Waals surface area contributed by atoms with Crippen LogP contribution >= 0.6 is 11.6 Å². The molecule has 2 fully saturated rings. The number of alkyl carbamates (subject to hydrolysis) is 1. The second-order valence-electron chi connectivity index (χ2n) is 9.38. The van der Waals surface area contributed by atoms with Crippen LogP contribution in [0.5, 0.6) is 0 Å². The number of carbonyl (C=O) groups is 2. The number of benzene rings is 1. The first-order valence-electron chi connectivity index (χ1n) is 12.5. The fourth-order valence-corrected chi connectivity index (χ4v) is 5.07. The van der Waals surface area contributed by atoms with Crippen LogP contribution in [-0.2, 0) is 14.2 Å². The summed E-state index contributed by atoms with van der Waals surface area (Å²) >= 11 is 6.25. The van der Waals surface area contributed by atoms with Crippen molar-refractivity contribution in [1.29, 1.82) is 0 Å². The first-order chi connectivity index (χ1) is 17.0. The van der Waals surface area contributed by atoms with E-state index in [1.807, 2.05) is 29.2 Å². The summed E-state index contributed by atoms with van der Waals surface area (Å²) in [5.74, 6) is 0.568. The Morgan fingerprint density at radius 3 is 2.89 bits per heavy atom. The number of rotatable bonds is 10. The normalized spacial score (nSPS) is 22.2. The molecule has 2 unspecified atom stereocenters. The molecule has 4 N–H and O–H groups in total. The lowest BCUT2D eigenvalue weighted by Crippen LogP contribution is -2.49. The number of ether oxygens (including phenoxy) is 3. The van der Waals surface area contributed by atoms with Crippen LogP contribution in [0.1, 0.15) is 43.8 Å². The van der Waals surface area contributed by atoms with Gasteiger partial charge in [0.15, 0.2) is 0 Å². The van der Waals surface area contributed by atoms with Crippen LogP contribution in [0, 0.1) is 11.8 Å². The van der Waals surface area contributed by atoms with Gasteiger partial charge in [-0.25, -0.2) is 9.59 Å². The van der Waals surface area contributed by atoms with Crippen molar-refractivity contribution in [1.82, 2.24) is 15.5 Å². The second-order valence-corrected chi connectivity index (χ2v) is 9.81.